The Kier molecular flexibility index (Phi) is 3.63. The lowest BCUT2D eigenvalue weighted by atomic mass is 10.2. The van der Waals surface area contributed by atoms with Crippen LogP contribution in [0.1, 0.15) is 16.8 Å². The molecule has 3 rings (SSSR count). The Morgan fingerprint density at radius 2 is 2.29 bits per heavy atom. The minimum absolute atomic E-state index is 0.0894. The van der Waals surface area contributed by atoms with Crippen molar-refractivity contribution in [3.05, 3.63) is 52.8 Å². The van der Waals surface area contributed by atoms with E-state index in [4.69, 9.17) is 4.74 Å². The highest BCUT2D eigenvalue weighted by molar-refractivity contribution is 5.94. The van der Waals surface area contributed by atoms with Crippen LogP contribution in [0.3, 0.4) is 0 Å². The van der Waals surface area contributed by atoms with Crippen LogP contribution in [-0.4, -0.2) is 45.0 Å². The van der Waals surface area contributed by atoms with E-state index in [1.54, 1.807) is 23.5 Å². The summed E-state index contributed by atoms with van der Waals surface area (Å²) in [6, 6.07) is 2.87. The molecule has 7 nitrogen and oxygen atoms in total. The van der Waals surface area contributed by atoms with E-state index in [0.29, 0.717) is 24.5 Å². The molecular weight excluding hydrogens is 272 g/mol. The fourth-order valence-electron chi connectivity index (χ4n) is 2.25. The van der Waals surface area contributed by atoms with Gasteiger partial charge in [0.15, 0.2) is 0 Å². The number of carbonyl (C=O) groups excluding carboxylic acids is 1. The number of H-pyrrole nitrogens is 1. The number of aromatic nitrogens is 3. The minimum Gasteiger partial charge on any atom is -0.471 e. The Bertz CT molecular complexity index is 666. The van der Waals surface area contributed by atoms with E-state index in [0.717, 1.165) is 6.42 Å². The van der Waals surface area contributed by atoms with Gasteiger partial charge in [0.1, 0.15) is 6.10 Å². The molecule has 3 heterocycles. The fourth-order valence-corrected chi connectivity index (χ4v) is 2.25. The second-order valence-electron chi connectivity index (χ2n) is 4.76. The van der Waals surface area contributed by atoms with Gasteiger partial charge < -0.3 is 14.6 Å². The molecule has 1 atom stereocenters. The molecule has 0 saturated carbocycles. The maximum Gasteiger partial charge on any atom is 0.255 e. The highest BCUT2D eigenvalue weighted by Crippen LogP contribution is 2.17. The Morgan fingerprint density at radius 3 is 3.00 bits per heavy atom. The van der Waals surface area contributed by atoms with Gasteiger partial charge in [-0.05, 0) is 6.07 Å². The summed E-state index contributed by atoms with van der Waals surface area (Å²) in [6.07, 6.45) is 6.77. The van der Waals surface area contributed by atoms with E-state index in [-0.39, 0.29) is 17.6 Å². The fraction of sp³-hybridized carbons (Fsp3) is 0.286. The molecule has 1 aliphatic rings. The average Bonchev–Trinajstić information content (AvgIpc) is 2.97. The van der Waals surface area contributed by atoms with E-state index >= 15 is 0 Å². The lowest BCUT2D eigenvalue weighted by molar-refractivity contribution is 0.0770. The molecule has 0 aromatic carbocycles. The van der Waals surface area contributed by atoms with Gasteiger partial charge in [-0.1, -0.05) is 0 Å². The third-order valence-electron chi connectivity index (χ3n) is 3.29. The molecule has 2 aromatic rings. The first kappa shape index (κ1) is 13.3. The van der Waals surface area contributed by atoms with Crippen molar-refractivity contribution in [2.24, 2.45) is 0 Å². The molecular formula is C14H14N4O3. The Morgan fingerprint density at radius 1 is 1.38 bits per heavy atom. The maximum absolute atomic E-state index is 12.3. The monoisotopic (exact) mass is 286 g/mol. The molecule has 1 amide bonds. The number of carbonyl (C=O) groups is 1. The average molecular weight is 286 g/mol. The van der Waals surface area contributed by atoms with Crippen LogP contribution in [0.25, 0.3) is 0 Å². The normalized spacial score (nSPS) is 17.7. The molecule has 1 fully saturated rings. The van der Waals surface area contributed by atoms with E-state index in [1.165, 1.54) is 18.3 Å². The van der Waals surface area contributed by atoms with Gasteiger partial charge in [0, 0.05) is 37.6 Å². The summed E-state index contributed by atoms with van der Waals surface area (Å²) in [5, 5.41) is 0. The van der Waals surface area contributed by atoms with Crippen molar-refractivity contribution in [2.45, 2.75) is 12.5 Å². The van der Waals surface area contributed by atoms with Crippen molar-refractivity contribution in [1.29, 1.82) is 0 Å². The summed E-state index contributed by atoms with van der Waals surface area (Å²) in [7, 11) is 0. The van der Waals surface area contributed by atoms with Gasteiger partial charge in [-0.2, -0.15) is 0 Å². The molecule has 21 heavy (non-hydrogen) atoms. The quantitative estimate of drug-likeness (QED) is 0.885. The Labute approximate surface area is 120 Å². The molecule has 0 radical (unpaired) electrons. The second-order valence-corrected chi connectivity index (χ2v) is 4.76. The van der Waals surface area contributed by atoms with Gasteiger partial charge in [0.25, 0.3) is 5.91 Å². The standard InChI is InChI=1S/C14H14N4O3/c19-12-2-1-10(7-17-12)14(20)18-6-3-11(9-18)21-13-8-15-4-5-16-13/h1-2,4-5,7-8,11H,3,6,9H2,(H,17,19)/t11-/m1/s1. The first-order chi connectivity index (χ1) is 10.2. The lowest BCUT2D eigenvalue weighted by Crippen LogP contribution is -2.31. The SMILES string of the molecule is O=C(c1ccc(=O)[nH]c1)N1CC[C@@H](Oc2cnccn2)C1. The summed E-state index contributed by atoms with van der Waals surface area (Å²) in [4.78, 5) is 35.5. The molecule has 108 valence electrons. The smallest absolute Gasteiger partial charge is 0.255 e. The molecule has 1 N–H and O–H groups in total. The number of hydrogen-bond acceptors (Lipinski definition) is 5. The summed E-state index contributed by atoms with van der Waals surface area (Å²) in [5.41, 5.74) is 0.242. The van der Waals surface area contributed by atoms with Crippen molar-refractivity contribution in [3.8, 4) is 5.88 Å². The zero-order chi connectivity index (χ0) is 14.7. The molecule has 0 aliphatic carbocycles. The lowest BCUT2D eigenvalue weighted by Gasteiger charge is -2.16. The summed E-state index contributed by atoms with van der Waals surface area (Å²) in [5.74, 6) is 0.345. The Balaban J connectivity index is 1.63. The van der Waals surface area contributed by atoms with Crippen molar-refractivity contribution < 1.29 is 9.53 Å². The number of aromatic amines is 1. The summed E-state index contributed by atoms with van der Waals surface area (Å²) >= 11 is 0. The van der Waals surface area contributed by atoms with E-state index < -0.39 is 0 Å². The number of nitrogens with one attached hydrogen (secondary N) is 1. The zero-order valence-electron chi connectivity index (χ0n) is 11.2. The third kappa shape index (κ3) is 3.07. The van der Waals surface area contributed by atoms with Gasteiger partial charge in [-0.15, -0.1) is 0 Å². The molecule has 1 aliphatic heterocycles. The van der Waals surface area contributed by atoms with Crippen LogP contribution in [0.2, 0.25) is 0 Å². The molecule has 0 bridgehead atoms. The third-order valence-corrected chi connectivity index (χ3v) is 3.29. The van der Waals surface area contributed by atoms with E-state index in [1.807, 2.05) is 0 Å². The molecule has 0 spiro atoms. The van der Waals surface area contributed by atoms with Crippen molar-refractivity contribution in [1.82, 2.24) is 19.9 Å². The first-order valence-electron chi connectivity index (χ1n) is 6.63. The predicted octanol–water partition coefficient (Wildman–Crippen LogP) is 0.458. The molecule has 1 saturated heterocycles. The molecule has 0 unspecified atom stereocenters. The van der Waals surface area contributed by atoms with Crippen LogP contribution in [0, 0.1) is 0 Å². The number of hydrogen-bond donors (Lipinski definition) is 1. The highest BCUT2D eigenvalue weighted by atomic mass is 16.5. The molecule has 7 heteroatoms. The van der Waals surface area contributed by atoms with Crippen molar-refractivity contribution in [2.75, 3.05) is 13.1 Å². The van der Waals surface area contributed by atoms with Gasteiger partial charge in [0.2, 0.25) is 11.4 Å². The maximum atomic E-state index is 12.3. The highest BCUT2D eigenvalue weighted by Gasteiger charge is 2.28. The second kappa shape index (κ2) is 5.74. The minimum atomic E-state index is -0.225. The number of pyridine rings is 1. The summed E-state index contributed by atoms with van der Waals surface area (Å²) in [6.45, 7) is 1.11. The first-order valence-corrected chi connectivity index (χ1v) is 6.63. The van der Waals surface area contributed by atoms with Gasteiger partial charge in [0.05, 0.1) is 18.3 Å². The zero-order valence-corrected chi connectivity index (χ0v) is 11.2. The van der Waals surface area contributed by atoms with E-state index in [2.05, 4.69) is 15.0 Å². The largest absolute Gasteiger partial charge is 0.471 e. The molecule has 2 aromatic heterocycles. The number of amides is 1. The number of nitrogens with zero attached hydrogens (tertiary/aromatic N) is 3. The number of rotatable bonds is 3. The van der Waals surface area contributed by atoms with Gasteiger partial charge in [-0.25, -0.2) is 4.98 Å². The summed E-state index contributed by atoms with van der Waals surface area (Å²) < 4.78 is 5.69. The van der Waals surface area contributed by atoms with Crippen LogP contribution in [-0.2, 0) is 0 Å². The Hall–Kier alpha value is -2.70. The van der Waals surface area contributed by atoms with Crippen molar-refractivity contribution >= 4 is 5.91 Å². The van der Waals surface area contributed by atoms with Crippen LogP contribution in [0.4, 0.5) is 0 Å². The van der Waals surface area contributed by atoms with Crippen LogP contribution in [0.5, 0.6) is 5.88 Å². The van der Waals surface area contributed by atoms with E-state index in [9.17, 15) is 9.59 Å². The number of likely N-dealkylation sites (tertiary alicyclic amines) is 1. The van der Waals surface area contributed by atoms with Gasteiger partial charge in [-0.3, -0.25) is 14.6 Å². The van der Waals surface area contributed by atoms with Crippen LogP contribution in [0.15, 0.2) is 41.7 Å². The topological polar surface area (TPSA) is 88.2 Å². The predicted molar refractivity (Wildman–Crippen MR) is 74.0 cm³/mol. The number of ether oxygens (including phenoxy) is 1. The van der Waals surface area contributed by atoms with Crippen molar-refractivity contribution in [3.63, 3.8) is 0 Å². The van der Waals surface area contributed by atoms with Gasteiger partial charge >= 0.3 is 0 Å². The van der Waals surface area contributed by atoms with Crippen LogP contribution < -0.4 is 10.3 Å². The van der Waals surface area contributed by atoms with Crippen LogP contribution >= 0.6 is 0 Å².